The third-order valence-electron chi connectivity index (χ3n) is 3.28. The molecule has 2 N–H and O–H groups in total. The van der Waals surface area contributed by atoms with Crippen LogP contribution in [0, 0.1) is 0 Å². The normalized spacial score (nSPS) is 25.6. The summed E-state index contributed by atoms with van der Waals surface area (Å²) in [7, 11) is 4.26. The molecule has 2 unspecified atom stereocenters. The van der Waals surface area contributed by atoms with Crippen LogP contribution >= 0.6 is 0 Å². The summed E-state index contributed by atoms with van der Waals surface area (Å²) in [4.78, 5) is 12.7. The van der Waals surface area contributed by atoms with Crippen LogP contribution in [0.3, 0.4) is 0 Å². The van der Waals surface area contributed by atoms with E-state index in [2.05, 4.69) is 33.9 Å². The summed E-state index contributed by atoms with van der Waals surface area (Å²) in [6.07, 6.45) is 5.15. The van der Waals surface area contributed by atoms with Gasteiger partial charge in [-0.05, 0) is 14.1 Å². The van der Waals surface area contributed by atoms with Crippen LogP contribution < -0.4 is 5.73 Å². The van der Waals surface area contributed by atoms with Gasteiger partial charge in [0.05, 0.1) is 0 Å². The lowest BCUT2D eigenvalue weighted by atomic mass is 10.00. The summed E-state index contributed by atoms with van der Waals surface area (Å²) in [5, 5.41) is 0. The molecule has 1 fully saturated rings. The van der Waals surface area contributed by atoms with Crippen molar-refractivity contribution in [3.05, 3.63) is 24.3 Å². The molecule has 0 aliphatic carbocycles. The lowest BCUT2D eigenvalue weighted by molar-refractivity contribution is 0.0972. The van der Waals surface area contributed by atoms with Crippen LogP contribution in [0.4, 0.5) is 0 Å². The Balaban J connectivity index is 2.11. The van der Waals surface area contributed by atoms with Crippen LogP contribution in [0.5, 0.6) is 0 Å². The second-order valence-corrected chi connectivity index (χ2v) is 4.51. The van der Waals surface area contributed by atoms with Gasteiger partial charge in [-0.2, -0.15) is 0 Å². The first-order valence-corrected chi connectivity index (χ1v) is 5.58. The molecule has 2 rings (SSSR count). The van der Waals surface area contributed by atoms with E-state index in [0.29, 0.717) is 6.04 Å². The Bertz CT molecular complexity index is 328. The molecular weight excluding hydrogens is 202 g/mol. The van der Waals surface area contributed by atoms with Crippen LogP contribution in [-0.2, 0) is 0 Å². The third-order valence-corrected chi connectivity index (χ3v) is 3.28. The largest absolute Gasteiger partial charge is 0.323 e. The van der Waals surface area contributed by atoms with Crippen LogP contribution in [0.1, 0.15) is 11.6 Å². The van der Waals surface area contributed by atoms with E-state index in [0.717, 1.165) is 25.2 Å². The molecule has 1 aromatic heterocycles. The number of aromatic nitrogens is 2. The Morgan fingerprint density at radius 2 is 2.00 bits per heavy atom. The van der Waals surface area contributed by atoms with E-state index in [4.69, 9.17) is 5.73 Å². The van der Waals surface area contributed by atoms with Crippen LogP contribution in [0.25, 0.3) is 0 Å². The van der Waals surface area contributed by atoms with Gasteiger partial charge in [-0.15, -0.1) is 0 Å². The van der Waals surface area contributed by atoms with Crippen molar-refractivity contribution in [2.45, 2.75) is 12.1 Å². The van der Waals surface area contributed by atoms with E-state index in [1.807, 2.05) is 0 Å². The van der Waals surface area contributed by atoms with E-state index in [1.54, 1.807) is 12.4 Å². The van der Waals surface area contributed by atoms with Crippen LogP contribution in [0.2, 0.25) is 0 Å². The van der Waals surface area contributed by atoms with Gasteiger partial charge in [-0.25, -0.2) is 9.97 Å². The second kappa shape index (κ2) is 4.86. The molecule has 0 radical (unpaired) electrons. The molecule has 0 amide bonds. The highest BCUT2D eigenvalue weighted by molar-refractivity contribution is 5.12. The zero-order valence-corrected chi connectivity index (χ0v) is 9.87. The minimum absolute atomic E-state index is 0.0195. The summed E-state index contributed by atoms with van der Waals surface area (Å²) >= 11 is 0. The fourth-order valence-electron chi connectivity index (χ4n) is 2.14. The van der Waals surface area contributed by atoms with Gasteiger partial charge in [-0.1, -0.05) is 0 Å². The number of likely N-dealkylation sites (N-methyl/N-ethyl adjacent to an activating group) is 2. The molecule has 0 bridgehead atoms. The van der Waals surface area contributed by atoms with E-state index >= 15 is 0 Å². The van der Waals surface area contributed by atoms with Crippen LogP contribution in [-0.4, -0.2) is 59.5 Å². The first-order chi connectivity index (χ1) is 7.68. The monoisotopic (exact) mass is 221 g/mol. The number of hydrogen-bond acceptors (Lipinski definition) is 5. The molecule has 1 aliphatic heterocycles. The van der Waals surface area contributed by atoms with Gasteiger partial charge in [0.15, 0.2) is 0 Å². The molecule has 5 nitrogen and oxygen atoms in total. The van der Waals surface area contributed by atoms with Crippen molar-refractivity contribution in [1.82, 2.24) is 19.8 Å². The van der Waals surface area contributed by atoms with E-state index in [-0.39, 0.29) is 6.04 Å². The third kappa shape index (κ3) is 2.37. The van der Waals surface area contributed by atoms with Crippen molar-refractivity contribution >= 4 is 0 Å². The van der Waals surface area contributed by atoms with Gasteiger partial charge in [0, 0.05) is 49.7 Å². The maximum absolute atomic E-state index is 6.27. The molecule has 2 heterocycles. The van der Waals surface area contributed by atoms with E-state index in [1.165, 1.54) is 6.33 Å². The zero-order chi connectivity index (χ0) is 11.5. The van der Waals surface area contributed by atoms with Crippen molar-refractivity contribution in [2.24, 2.45) is 5.73 Å². The lowest BCUT2D eigenvalue weighted by Gasteiger charge is -2.40. The quantitative estimate of drug-likeness (QED) is 0.744. The van der Waals surface area contributed by atoms with Gasteiger partial charge in [0.25, 0.3) is 0 Å². The number of nitrogens with zero attached hydrogens (tertiary/aromatic N) is 4. The molecule has 2 atom stereocenters. The van der Waals surface area contributed by atoms with Gasteiger partial charge in [-0.3, -0.25) is 4.90 Å². The minimum Gasteiger partial charge on any atom is -0.323 e. The molecule has 1 aromatic rings. The highest BCUT2D eigenvalue weighted by atomic mass is 15.3. The molecule has 0 spiro atoms. The zero-order valence-electron chi connectivity index (χ0n) is 9.87. The van der Waals surface area contributed by atoms with Crippen molar-refractivity contribution < 1.29 is 0 Å². The highest BCUT2D eigenvalue weighted by Crippen LogP contribution is 2.19. The highest BCUT2D eigenvalue weighted by Gasteiger charge is 2.28. The summed E-state index contributed by atoms with van der Waals surface area (Å²) in [6.45, 7) is 3.15. The maximum atomic E-state index is 6.27. The summed E-state index contributed by atoms with van der Waals surface area (Å²) < 4.78 is 0. The maximum Gasteiger partial charge on any atom is 0.115 e. The molecule has 1 aliphatic rings. The predicted octanol–water partition coefficient (Wildman–Crippen LogP) is -0.278. The van der Waals surface area contributed by atoms with Gasteiger partial charge in [0.2, 0.25) is 0 Å². The fourth-order valence-corrected chi connectivity index (χ4v) is 2.14. The first kappa shape index (κ1) is 11.4. The lowest BCUT2D eigenvalue weighted by Crippen LogP contribution is -2.54. The Morgan fingerprint density at radius 3 is 2.69 bits per heavy atom. The number of nitrogens with two attached hydrogens (primary N) is 1. The Kier molecular flexibility index (Phi) is 3.48. The molecule has 0 saturated carbocycles. The number of hydrogen-bond donors (Lipinski definition) is 1. The molecular formula is C11H19N5. The first-order valence-electron chi connectivity index (χ1n) is 5.58. The van der Waals surface area contributed by atoms with E-state index < -0.39 is 0 Å². The van der Waals surface area contributed by atoms with Crippen molar-refractivity contribution in [1.29, 1.82) is 0 Å². The number of rotatable bonds is 2. The SMILES string of the molecule is CN1CCN(C)C(C(N)c2cncnc2)C1. The van der Waals surface area contributed by atoms with Crippen molar-refractivity contribution in [3.63, 3.8) is 0 Å². The van der Waals surface area contributed by atoms with Gasteiger partial charge in [0.1, 0.15) is 6.33 Å². The molecule has 88 valence electrons. The Morgan fingerprint density at radius 1 is 1.31 bits per heavy atom. The van der Waals surface area contributed by atoms with E-state index in [9.17, 15) is 0 Å². The van der Waals surface area contributed by atoms with Crippen molar-refractivity contribution in [2.75, 3.05) is 33.7 Å². The smallest absolute Gasteiger partial charge is 0.115 e. The molecule has 0 aromatic carbocycles. The molecule has 16 heavy (non-hydrogen) atoms. The van der Waals surface area contributed by atoms with Crippen molar-refractivity contribution in [3.8, 4) is 0 Å². The van der Waals surface area contributed by atoms with Gasteiger partial charge < -0.3 is 10.6 Å². The average Bonchev–Trinajstić information content (AvgIpc) is 2.32. The number of piperazine rings is 1. The Labute approximate surface area is 96.3 Å². The summed E-state index contributed by atoms with van der Waals surface area (Å²) in [6, 6.07) is 0.318. The second-order valence-electron chi connectivity index (χ2n) is 4.51. The summed E-state index contributed by atoms with van der Waals surface area (Å²) in [5.41, 5.74) is 7.28. The predicted molar refractivity (Wildman–Crippen MR) is 62.9 cm³/mol. The van der Waals surface area contributed by atoms with Crippen LogP contribution in [0.15, 0.2) is 18.7 Å². The fraction of sp³-hybridized carbons (Fsp3) is 0.636. The average molecular weight is 221 g/mol. The molecule has 1 saturated heterocycles. The standard InChI is InChI=1S/C11H19N5/c1-15-3-4-16(2)10(7-15)11(12)9-5-13-8-14-6-9/h5-6,8,10-11H,3-4,7,12H2,1-2H3. The van der Waals surface area contributed by atoms with Gasteiger partial charge >= 0.3 is 0 Å². The Hall–Kier alpha value is -1.04. The molecule has 5 heteroatoms. The summed E-state index contributed by atoms with van der Waals surface area (Å²) in [5.74, 6) is 0. The minimum atomic E-state index is -0.0195. The topological polar surface area (TPSA) is 58.3 Å².